The molecule has 0 spiro atoms. The van der Waals surface area contributed by atoms with E-state index >= 15 is 0 Å². The molecule has 0 saturated carbocycles. The van der Waals surface area contributed by atoms with E-state index in [0.717, 1.165) is 20.0 Å². The second-order valence-corrected chi connectivity index (χ2v) is 12.6. The van der Waals surface area contributed by atoms with Crippen molar-refractivity contribution in [3.63, 3.8) is 0 Å². The van der Waals surface area contributed by atoms with E-state index in [1.807, 2.05) is 47.0 Å². The zero-order chi connectivity index (χ0) is 26.6. The summed E-state index contributed by atoms with van der Waals surface area (Å²) in [7, 11) is -0.663. The third kappa shape index (κ3) is 6.60. The minimum atomic E-state index is -3.57. The summed E-state index contributed by atoms with van der Waals surface area (Å²) in [6, 6.07) is 21.2. The number of hydrogen-bond acceptors (Lipinski definition) is 6. The molecule has 8 nitrogen and oxygen atoms in total. The topological polar surface area (TPSA) is 97.2 Å². The van der Waals surface area contributed by atoms with Gasteiger partial charge in [0, 0.05) is 34.9 Å². The van der Waals surface area contributed by atoms with Crippen LogP contribution >= 0.6 is 39.3 Å². The summed E-state index contributed by atoms with van der Waals surface area (Å²) in [5.41, 5.74) is 2.23. The molecule has 0 atom stereocenters. The maximum Gasteiger partial charge on any atom is 0.251 e. The molecule has 0 fully saturated rings. The smallest absolute Gasteiger partial charge is 0.251 e. The van der Waals surface area contributed by atoms with Gasteiger partial charge in [-0.2, -0.15) is 0 Å². The summed E-state index contributed by atoms with van der Waals surface area (Å²) in [4.78, 5) is 12.9. The van der Waals surface area contributed by atoms with Crippen molar-refractivity contribution in [3.05, 3.63) is 99.2 Å². The Kier molecular flexibility index (Phi) is 8.71. The Labute approximate surface area is 233 Å². The van der Waals surface area contributed by atoms with E-state index in [0.29, 0.717) is 27.3 Å². The molecule has 192 valence electrons. The molecule has 1 amide bonds. The highest BCUT2D eigenvalue weighted by Gasteiger charge is 2.19. The first-order valence-electron chi connectivity index (χ1n) is 11.0. The molecule has 0 unspecified atom stereocenters. The van der Waals surface area contributed by atoms with Crippen molar-refractivity contribution in [2.75, 3.05) is 14.1 Å². The second-order valence-electron chi connectivity index (χ2n) is 8.12. The van der Waals surface area contributed by atoms with Gasteiger partial charge in [0.25, 0.3) is 5.91 Å². The lowest BCUT2D eigenvalue weighted by atomic mass is 10.2. The van der Waals surface area contributed by atoms with E-state index in [2.05, 4.69) is 31.4 Å². The monoisotopic (exact) mass is 619 g/mol. The molecular weight excluding hydrogens is 598 g/mol. The van der Waals surface area contributed by atoms with E-state index in [1.54, 1.807) is 6.07 Å². The molecule has 4 rings (SSSR count). The van der Waals surface area contributed by atoms with Gasteiger partial charge in [0.05, 0.1) is 17.1 Å². The molecule has 12 heteroatoms. The van der Waals surface area contributed by atoms with Gasteiger partial charge in [-0.25, -0.2) is 12.7 Å². The van der Waals surface area contributed by atoms with Crippen LogP contribution < -0.4 is 5.32 Å². The van der Waals surface area contributed by atoms with E-state index < -0.39 is 10.0 Å². The highest BCUT2D eigenvalue weighted by Crippen LogP contribution is 2.27. The van der Waals surface area contributed by atoms with Crippen LogP contribution in [0.3, 0.4) is 0 Å². The Bertz CT molecular complexity index is 1510. The van der Waals surface area contributed by atoms with Crippen molar-refractivity contribution in [1.82, 2.24) is 24.4 Å². The molecule has 1 heterocycles. The summed E-state index contributed by atoms with van der Waals surface area (Å²) in [6.45, 7) is 0.106. The number of thioether (sulfide) groups is 1. The van der Waals surface area contributed by atoms with Crippen LogP contribution in [0, 0.1) is 0 Å². The van der Waals surface area contributed by atoms with Gasteiger partial charge in [-0.1, -0.05) is 57.5 Å². The highest BCUT2D eigenvalue weighted by atomic mass is 79.9. The van der Waals surface area contributed by atoms with Crippen molar-refractivity contribution in [2.45, 2.75) is 22.3 Å². The first-order chi connectivity index (χ1) is 17.6. The number of aromatic nitrogens is 3. The number of rotatable bonds is 9. The van der Waals surface area contributed by atoms with Gasteiger partial charge in [0.1, 0.15) is 0 Å². The minimum absolute atomic E-state index is 0.106. The van der Waals surface area contributed by atoms with Gasteiger partial charge in [0.2, 0.25) is 10.0 Å². The van der Waals surface area contributed by atoms with E-state index in [4.69, 9.17) is 11.6 Å². The Balaban J connectivity index is 1.53. The SMILES string of the molecule is CN(C)S(=O)(=O)c1ccc(C(=O)NCc2nnc(SCc3ccc(Br)cc3)n2-c2cccc(Cl)c2)cc1. The third-order valence-corrected chi connectivity index (χ3v) is 8.94. The standard InChI is InChI=1S/C25H23BrClN5O3S2/c1-31(2)37(34,35)22-12-8-18(9-13-22)24(33)28-15-23-29-30-25(32(23)21-5-3-4-20(27)14-21)36-16-17-6-10-19(26)11-7-17/h3-14H,15-16H2,1-2H3,(H,28,33). The Morgan fingerprint density at radius 3 is 2.41 bits per heavy atom. The van der Waals surface area contributed by atoms with Crippen LogP contribution in [-0.2, 0) is 22.3 Å². The Hall–Kier alpha value is -2.70. The van der Waals surface area contributed by atoms with E-state index in [1.165, 1.54) is 50.1 Å². The summed E-state index contributed by atoms with van der Waals surface area (Å²) in [5, 5.41) is 12.8. The van der Waals surface area contributed by atoms with Gasteiger partial charge in [-0.15, -0.1) is 10.2 Å². The van der Waals surface area contributed by atoms with Gasteiger partial charge in [-0.05, 0) is 60.2 Å². The third-order valence-electron chi connectivity index (χ3n) is 5.35. The van der Waals surface area contributed by atoms with Gasteiger partial charge in [0.15, 0.2) is 11.0 Å². The Morgan fingerprint density at radius 2 is 1.76 bits per heavy atom. The molecule has 1 aromatic heterocycles. The number of hydrogen-bond donors (Lipinski definition) is 1. The average Bonchev–Trinajstić information content (AvgIpc) is 3.29. The molecule has 1 N–H and O–H groups in total. The number of carbonyl (C=O) groups excluding carboxylic acids is 1. The maximum atomic E-state index is 12.8. The first-order valence-corrected chi connectivity index (χ1v) is 14.6. The lowest BCUT2D eigenvalue weighted by molar-refractivity contribution is 0.0949. The molecule has 3 aromatic carbocycles. The lowest BCUT2D eigenvalue weighted by Gasteiger charge is -2.12. The molecule has 0 aliphatic heterocycles. The summed E-state index contributed by atoms with van der Waals surface area (Å²) >= 11 is 11.2. The molecule has 0 radical (unpaired) electrons. The number of benzene rings is 3. The molecule has 0 saturated heterocycles. The molecule has 0 aliphatic carbocycles. The average molecular weight is 621 g/mol. The van der Waals surface area contributed by atoms with Crippen molar-refractivity contribution in [2.24, 2.45) is 0 Å². The number of carbonyl (C=O) groups is 1. The van der Waals surface area contributed by atoms with Crippen LogP contribution in [0.5, 0.6) is 0 Å². The fourth-order valence-electron chi connectivity index (χ4n) is 3.36. The predicted molar refractivity (Wildman–Crippen MR) is 149 cm³/mol. The number of amides is 1. The summed E-state index contributed by atoms with van der Waals surface area (Å²) in [5.74, 6) is 0.847. The second kappa shape index (κ2) is 11.8. The van der Waals surface area contributed by atoms with Crippen molar-refractivity contribution < 1.29 is 13.2 Å². The van der Waals surface area contributed by atoms with Gasteiger partial charge in [-0.3, -0.25) is 9.36 Å². The van der Waals surface area contributed by atoms with Crippen molar-refractivity contribution in [3.8, 4) is 5.69 Å². The quantitative estimate of drug-likeness (QED) is 0.260. The van der Waals surface area contributed by atoms with Crippen molar-refractivity contribution in [1.29, 1.82) is 0 Å². The fraction of sp³-hybridized carbons (Fsp3) is 0.160. The lowest BCUT2D eigenvalue weighted by Crippen LogP contribution is -2.25. The number of nitrogens with zero attached hydrogens (tertiary/aromatic N) is 4. The number of sulfonamides is 1. The first kappa shape index (κ1) is 27.3. The largest absolute Gasteiger partial charge is 0.345 e. The number of halogens is 2. The van der Waals surface area contributed by atoms with Crippen LogP contribution in [0.4, 0.5) is 0 Å². The van der Waals surface area contributed by atoms with E-state index in [9.17, 15) is 13.2 Å². The normalized spacial score (nSPS) is 11.6. The predicted octanol–water partition coefficient (Wildman–Crippen LogP) is 5.16. The molecule has 4 aromatic rings. The van der Waals surface area contributed by atoms with Crippen LogP contribution in [0.25, 0.3) is 5.69 Å². The maximum absolute atomic E-state index is 12.8. The van der Waals surface area contributed by atoms with Gasteiger partial charge < -0.3 is 5.32 Å². The van der Waals surface area contributed by atoms with Gasteiger partial charge >= 0.3 is 0 Å². The van der Waals surface area contributed by atoms with Crippen LogP contribution in [-0.4, -0.2) is 47.5 Å². The van der Waals surface area contributed by atoms with Crippen LogP contribution in [0.2, 0.25) is 5.02 Å². The summed E-state index contributed by atoms with van der Waals surface area (Å²) in [6.07, 6.45) is 0. The molecule has 0 aliphatic rings. The molecular formula is C25H23BrClN5O3S2. The zero-order valence-electron chi connectivity index (χ0n) is 19.9. The molecule has 37 heavy (non-hydrogen) atoms. The highest BCUT2D eigenvalue weighted by molar-refractivity contribution is 9.10. The Morgan fingerprint density at radius 1 is 1.05 bits per heavy atom. The minimum Gasteiger partial charge on any atom is -0.345 e. The van der Waals surface area contributed by atoms with Crippen LogP contribution in [0.15, 0.2) is 87.3 Å². The number of nitrogens with one attached hydrogen (secondary N) is 1. The van der Waals surface area contributed by atoms with Crippen LogP contribution in [0.1, 0.15) is 21.7 Å². The van der Waals surface area contributed by atoms with Crippen molar-refractivity contribution >= 4 is 55.2 Å². The zero-order valence-corrected chi connectivity index (χ0v) is 23.9. The fourth-order valence-corrected chi connectivity index (χ4v) is 5.64. The summed E-state index contributed by atoms with van der Waals surface area (Å²) < 4.78 is 28.5. The van der Waals surface area contributed by atoms with E-state index in [-0.39, 0.29) is 17.3 Å². The molecule has 0 bridgehead atoms.